The van der Waals surface area contributed by atoms with Crippen LogP contribution in [-0.4, -0.2) is 19.7 Å². The van der Waals surface area contributed by atoms with Crippen LogP contribution >= 0.6 is 0 Å². The molecule has 1 saturated carbocycles. The van der Waals surface area contributed by atoms with Gasteiger partial charge in [0.2, 0.25) is 0 Å². The number of rotatable bonds is 7. The molecule has 3 nitrogen and oxygen atoms in total. The number of hydrogen-bond donors (Lipinski definition) is 1. The SMILES string of the molecule is COc1cccc(OC(CNC2CC2)c2ccccc2)c1. The summed E-state index contributed by atoms with van der Waals surface area (Å²) in [6.45, 7) is 0.825. The van der Waals surface area contributed by atoms with Crippen molar-refractivity contribution in [2.24, 2.45) is 0 Å². The molecule has 1 atom stereocenters. The molecule has 110 valence electrons. The monoisotopic (exact) mass is 283 g/mol. The molecule has 0 saturated heterocycles. The van der Waals surface area contributed by atoms with E-state index in [4.69, 9.17) is 9.47 Å². The van der Waals surface area contributed by atoms with Crippen LogP contribution < -0.4 is 14.8 Å². The zero-order valence-corrected chi connectivity index (χ0v) is 12.3. The fourth-order valence-corrected chi connectivity index (χ4v) is 2.30. The molecule has 2 aromatic carbocycles. The predicted molar refractivity (Wildman–Crippen MR) is 83.8 cm³/mol. The minimum Gasteiger partial charge on any atom is -0.497 e. The van der Waals surface area contributed by atoms with Gasteiger partial charge in [0.05, 0.1) is 7.11 Å². The summed E-state index contributed by atoms with van der Waals surface area (Å²) < 4.78 is 11.4. The van der Waals surface area contributed by atoms with Crippen molar-refractivity contribution < 1.29 is 9.47 Å². The zero-order chi connectivity index (χ0) is 14.5. The van der Waals surface area contributed by atoms with E-state index in [-0.39, 0.29) is 6.10 Å². The fourth-order valence-electron chi connectivity index (χ4n) is 2.30. The van der Waals surface area contributed by atoms with E-state index in [1.807, 2.05) is 42.5 Å². The van der Waals surface area contributed by atoms with Crippen LogP contribution in [0.2, 0.25) is 0 Å². The van der Waals surface area contributed by atoms with E-state index >= 15 is 0 Å². The molecular weight excluding hydrogens is 262 g/mol. The normalized spacial score (nSPS) is 15.5. The van der Waals surface area contributed by atoms with Gasteiger partial charge in [-0.15, -0.1) is 0 Å². The maximum atomic E-state index is 6.18. The van der Waals surface area contributed by atoms with Gasteiger partial charge < -0.3 is 14.8 Å². The standard InChI is InChI=1S/C18H21NO2/c1-20-16-8-5-9-17(12-16)21-18(13-19-15-10-11-15)14-6-3-2-4-7-14/h2-9,12,15,18-19H,10-11,13H2,1H3. The quantitative estimate of drug-likeness (QED) is 0.842. The summed E-state index contributed by atoms with van der Waals surface area (Å²) >= 11 is 0. The summed E-state index contributed by atoms with van der Waals surface area (Å²) in [6, 6.07) is 18.8. The third kappa shape index (κ3) is 3.99. The molecule has 1 aliphatic carbocycles. The topological polar surface area (TPSA) is 30.5 Å². The average molecular weight is 283 g/mol. The van der Waals surface area contributed by atoms with Crippen molar-refractivity contribution in [3.05, 3.63) is 60.2 Å². The maximum Gasteiger partial charge on any atom is 0.136 e. The molecule has 1 aliphatic rings. The van der Waals surface area contributed by atoms with Crippen molar-refractivity contribution in [2.75, 3.05) is 13.7 Å². The van der Waals surface area contributed by atoms with Crippen LogP contribution in [0.4, 0.5) is 0 Å². The van der Waals surface area contributed by atoms with Gasteiger partial charge in [-0.25, -0.2) is 0 Å². The van der Waals surface area contributed by atoms with Gasteiger partial charge in [-0.1, -0.05) is 36.4 Å². The van der Waals surface area contributed by atoms with Crippen molar-refractivity contribution >= 4 is 0 Å². The molecule has 1 N–H and O–H groups in total. The van der Waals surface area contributed by atoms with Gasteiger partial charge in [-0.2, -0.15) is 0 Å². The second-order valence-corrected chi connectivity index (χ2v) is 5.38. The van der Waals surface area contributed by atoms with Crippen LogP contribution in [0.3, 0.4) is 0 Å². The zero-order valence-electron chi connectivity index (χ0n) is 12.3. The lowest BCUT2D eigenvalue weighted by molar-refractivity contribution is 0.200. The summed E-state index contributed by atoms with van der Waals surface area (Å²) in [7, 11) is 1.67. The molecule has 0 aliphatic heterocycles. The van der Waals surface area contributed by atoms with Crippen molar-refractivity contribution in [3.8, 4) is 11.5 Å². The Morgan fingerprint density at radius 2 is 1.81 bits per heavy atom. The first-order valence-corrected chi connectivity index (χ1v) is 7.44. The number of methoxy groups -OCH3 is 1. The molecular formula is C18H21NO2. The summed E-state index contributed by atoms with van der Waals surface area (Å²) in [5.74, 6) is 1.65. The Morgan fingerprint density at radius 3 is 2.52 bits per heavy atom. The Morgan fingerprint density at radius 1 is 1.05 bits per heavy atom. The average Bonchev–Trinajstić information content (AvgIpc) is 3.37. The highest BCUT2D eigenvalue weighted by Gasteiger charge is 2.23. The van der Waals surface area contributed by atoms with Gasteiger partial charge in [-0.3, -0.25) is 0 Å². The van der Waals surface area contributed by atoms with Gasteiger partial charge >= 0.3 is 0 Å². The molecule has 2 aromatic rings. The van der Waals surface area contributed by atoms with Gasteiger partial charge in [-0.05, 0) is 30.5 Å². The van der Waals surface area contributed by atoms with Crippen LogP contribution in [0.5, 0.6) is 11.5 Å². The van der Waals surface area contributed by atoms with Gasteiger partial charge in [0.1, 0.15) is 17.6 Å². The van der Waals surface area contributed by atoms with E-state index in [1.165, 1.54) is 18.4 Å². The molecule has 21 heavy (non-hydrogen) atoms. The minimum absolute atomic E-state index is 0.0129. The molecule has 0 heterocycles. The minimum atomic E-state index is 0.0129. The van der Waals surface area contributed by atoms with Crippen molar-refractivity contribution in [1.29, 1.82) is 0 Å². The Hall–Kier alpha value is -2.00. The molecule has 0 radical (unpaired) electrons. The Bertz CT molecular complexity index is 566. The van der Waals surface area contributed by atoms with Crippen molar-refractivity contribution in [2.45, 2.75) is 25.0 Å². The van der Waals surface area contributed by atoms with E-state index in [2.05, 4.69) is 17.4 Å². The summed E-state index contributed by atoms with van der Waals surface area (Å²) in [4.78, 5) is 0. The largest absolute Gasteiger partial charge is 0.497 e. The number of nitrogens with one attached hydrogen (secondary N) is 1. The fraction of sp³-hybridized carbons (Fsp3) is 0.333. The third-order valence-electron chi connectivity index (χ3n) is 3.66. The maximum absolute atomic E-state index is 6.18. The first-order chi connectivity index (χ1) is 10.3. The van der Waals surface area contributed by atoms with E-state index in [9.17, 15) is 0 Å². The molecule has 0 aromatic heterocycles. The molecule has 3 heteroatoms. The van der Waals surface area contributed by atoms with E-state index in [1.54, 1.807) is 7.11 Å². The number of ether oxygens (including phenoxy) is 2. The second-order valence-electron chi connectivity index (χ2n) is 5.38. The van der Waals surface area contributed by atoms with Crippen LogP contribution in [0, 0.1) is 0 Å². The molecule has 1 unspecified atom stereocenters. The Kier molecular flexibility index (Phi) is 4.41. The highest BCUT2D eigenvalue weighted by Crippen LogP contribution is 2.26. The van der Waals surface area contributed by atoms with E-state index in [0.717, 1.165) is 18.0 Å². The summed E-state index contributed by atoms with van der Waals surface area (Å²) in [5, 5.41) is 3.55. The smallest absolute Gasteiger partial charge is 0.136 e. The van der Waals surface area contributed by atoms with Crippen molar-refractivity contribution in [1.82, 2.24) is 5.32 Å². The molecule has 0 spiro atoms. The van der Waals surface area contributed by atoms with Crippen molar-refractivity contribution in [3.63, 3.8) is 0 Å². The lowest BCUT2D eigenvalue weighted by atomic mass is 10.1. The highest BCUT2D eigenvalue weighted by molar-refractivity contribution is 5.33. The Balaban J connectivity index is 1.73. The predicted octanol–water partition coefficient (Wildman–Crippen LogP) is 3.57. The molecule has 3 rings (SSSR count). The Labute approximate surface area is 125 Å². The van der Waals surface area contributed by atoms with Crippen LogP contribution in [0.1, 0.15) is 24.5 Å². The number of benzene rings is 2. The first-order valence-electron chi connectivity index (χ1n) is 7.44. The van der Waals surface area contributed by atoms with Crippen LogP contribution in [-0.2, 0) is 0 Å². The van der Waals surface area contributed by atoms with Crippen LogP contribution in [0.25, 0.3) is 0 Å². The van der Waals surface area contributed by atoms with Gasteiger partial charge in [0.25, 0.3) is 0 Å². The summed E-state index contributed by atoms with van der Waals surface area (Å²) in [5.41, 5.74) is 1.19. The molecule has 0 amide bonds. The lowest BCUT2D eigenvalue weighted by Crippen LogP contribution is -2.26. The third-order valence-corrected chi connectivity index (χ3v) is 3.66. The van der Waals surface area contributed by atoms with Crippen LogP contribution in [0.15, 0.2) is 54.6 Å². The van der Waals surface area contributed by atoms with E-state index in [0.29, 0.717) is 6.04 Å². The van der Waals surface area contributed by atoms with E-state index < -0.39 is 0 Å². The number of hydrogen-bond acceptors (Lipinski definition) is 3. The second kappa shape index (κ2) is 6.64. The van der Waals surface area contributed by atoms with Gasteiger partial charge in [0.15, 0.2) is 0 Å². The molecule has 1 fully saturated rings. The first kappa shape index (κ1) is 14.0. The summed E-state index contributed by atoms with van der Waals surface area (Å²) in [6.07, 6.45) is 2.57. The highest BCUT2D eigenvalue weighted by atomic mass is 16.5. The van der Waals surface area contributed by atoms with Gasteiger partial charge in [0, 0.05) is 18.7 Å². The molecule has 0 bridgehead atoms. The lowest BCUT2D eigenvalue weighted by Gasteiger charge is -2.20.